The predicted octanol–water partition coefficient (Wildman–Crippen LogP) is 6.14. The van der Waals surface area contributed by atoms with Gasteiger partial charge in [0.05, 0.1) is 11.0 Å². The number of benzene rings is 2. The molecule has 0 saturated carbocycles. The molecule has 136 valence electrons. The third-order valence-corrected chi connectivity index (χ3v) is 4.94. The standard InChI is InChI=1S/C23H27NO2/c25-23(26)13-7-5-3-1-2-4-6-10-18-14-15-20-17-19-11-8-9-12-21(19)24-22(20)16-18/h8-9,11-12,14-17H,1-7,10,13H2,(H,25,26). The van der Waals surface area contributed by atoms with Crippen LogP contribution in [0.15, 0.2) is 48.5 Å². The summed E-state index contributed by atoms with van der Waals surface area (Å²) in [5, 5.41) is 11.0. The highest BCUT2D eigenvalue weighted by molar-refractivity contribution is 5.92. The summed E-state index contributed by atoms with van der Waals surface area (Å²) >= 11 is 0. The van der Waals surface area contributed by atoms with Gasteiger partial charge in [0.2, 0.25) is 0 Å². The molecule has 0 aliphatic rings. The van der Waals surface area contributed by atoms with Crippen LogP contribution in [0.5, 0.6) is 0 Å². The number of unbranched alkanes of at least 4 members (excludes halogenated alkanes) is 6. The van der Waals surface area contributed by atoms with Crippen molar-refractivity contribution in [3.05, 3.63) is 54.1 Å². The van der Waals surface area contributed by atoms with Crippen LogP contribution < -0.4 is 0 Å². The lowest BCUT2D eigenvalue weighted by Crippen LogP contribution is -1.93. The Bertz CT molecular complexity index is 872. The number of hydrogen-bond acceptors (Lipinski definition) is 2. The molecule has 0 saturated heterocycles. The van der Waals surface area contributed by atoms with Crippen molar-refractivity contribution in [3.63, 3.8) is 0 Å². The molecule has 1 aromatic heterocycles. The number of carboxylic acids is 1. The van der Waals surface area contributed by atoms with Gasteiger partial charge in [0, 0.05) is 17.2 Å². The number of nitrogens with zero attached hydrogens (tertiary/aromatic N) is 1. The molecule has 1 heterocycles. The molecule has 0 aliphatic heterocycles. The maximum absolute atomic E-state index is 10.4. The Morgan fingerprint density at radius 3 is 2.27 bits per heavy atom. The third-order valence-electron chi connectivity index (χ3n) is 4.94. The molecule has 1 N–H and O–H groups in total. The van der Waals surface area contributed by atoms with Gasteiger partial charge in [-0.3, -0.25) is 4.79 Å². The Morgan fingerprint density at radius 1 is 0.769 bits per heavy atom. The molecular formula is C23H27NO2. The predicted molar refractivity (Wildman–Crippen MR) is 108 cm³/mol. The molecule has 0 amide bonds. The van der Waals surface area contributed by atoms with Gasteiger partial charge in [-0.15, -0.1) is 0 Å². The summed E-state index contributed by atoms with van der Waals surface area (Å²) in [7, 11) is 0. The van der Waals surface area contributed by atoms with E-state index in [9.17, 15) is 4.79 Å². The molecular weight excluding hydrogens is 322 g/mol. The Hall–Kier alpha value is -2.42. The van der Waals surface area contributed by atoms with Gasteiger partial charge in [-0.2, -0.15) is 0 Å². The quantitative estimate of drug-likeness (QED) is 0.353. The molecule has 0 fully saturated rings. The summed E-state index contributed by atoms with van der Waals surface area (Å²) in [6, 6.07) is 17.1. The first-order chi connectivity index (χ1) is 12.7. The van der Waals surface area contributed by atoms with E-state index in [4.69, 9.17) is 10.1 Å². The number of aromatic nitrogens is 1. The van der Waals surface area contributed by atoms with E-state index in [1.54, 1.807) is 0 Å². The van der Waals surface area contributed by atoms with E-state index >= 15 is 0 Å². The maximum Gasteiger partial charge on any atom is 0.303 e. The van der Waals surface area contributed by atoms with Crippen LogP contribution in [0, 0.1) is 0 Å². The van der Waals surface area contributed by atoms with Crippen LogP contribution >= 0.6 is 0 Å². The van der Waals surface area contributed by atoms with Crippen molar-refractivity contribution < 1.29 is 9.90 Å². The van der Waals surface area contributed by atoms with Crippen molar-refractivity contribution in [3.8, 4) is 0 Å². The highest BCUT2D eigenvalue weighted by atomic mass is 16.4. The zero-order valence-electron chi connectivity index (χ0n) is 15.3. The molecule has 0 spiro atoms. The number of hydrogen-bond donors (Lipinski definition) is 1. The first kappa shape index (κ1) is 18.4. The lowest BCUT2D eigenvalue weighted by atomic mass is 10.0. The zero-order valence-corrected chi connectivity index (χ0v) is 15.3. The number of fused-ring (bicyclic) bond motifs is 2. The highest BCUT2D eigenvalue weighted by Gasteiger charge is 2.02. The second-order valence-electron chi connectivity index (χ2n) is 7.08. The largest absolute Gasteiger partial charge is 0.481 e. The maximum atomic E-state index is 10.4. The summed E-state index contributed by atoms with van der Waals surface area (Å²) < 4.78 is 0. The summed E-state index contributed by atoms with van der Waals surface area (Å²) in [6.45, 7) is 0. The molecule has 26 heavy (non-hydrogen) atoms. The van der Waals surface area contributed by atoms with Gasteiger partial charge in [-0.1, -0.05) is 62.4 Å². The van der Waals surface area contributed by atoms with Crippen molar-refractivity contribution in [2.24, 2.45) is 0 Å². The van der Waals surface area contributed by atoms with Gasteiger partial charge in [0.1, 0.15) is 0 Å². The molecule has 0 aliphatic carbocycles. The van der Waals surface area contributed by atoms with Gasteiger partial charge in [0.25, 0.3) is 0 Å². The van der Waals surface area contributed by atoms with E-state index in [0.29, 0.717) is 6.42 Å². The first-order valence-corrected chi connectivity index (χ1v) is 9.72. The van der Waals surface area contributed by atoms with Crippen molar-refractivity contribution in [1.29, 1.82) is 0 Å². The Balaban J connectivity index is 1.43. The van der Waals surface area contributed by atoms with Crippen LogP contribution in [-0.4, -0.2) is 16.1 Å². The molecule has 3 heteroatoms. The van der Waals surface area contributed by atoms with Crippen LogP contribution in [0.3, 0.4) is 0 Å². The lowest BCUT2D eigenvalue weighted by molar-refractivity contribution is -0.137. The van der Waals surface area contributed by atoms with E-state index in [2.05, 4.69) is 42.5 Å². The summed E-state index contributed by atoms with van der Waals surface area (Å²) in [6.07, 6.45) is 9.31. The third kappa shape index (κ3) is 5.29. The van der Waals surface area contributed by atoms with Gasteiger partial charge in [-0.25, -0.2) is 4.98 Å². The summed E-state index contributed by atoms with van der Waals surface area (Å²) in [5.74, 6) is -0.678. The summed E-state index contributed by atoms with van der Waals surface area (Å²) in [4.78, 5) is 15.2. The molecule has 3 aromatic rings. The number of pyridine rings is 1. The van der Waals surface area contributed by atoms with E-state index in [1.807, 2.05) is 6.07 Å². The van der Waals surface area contributed by atoms with E-state index in [-0.39, 0.29) is 0 Å². The van der Waals surface area contributed by atoms with Crippen LogP contribution in [0.4, 0.5) is 0 Å². The van der Waals surface area contributed by atoms with Crippen LogP contribution in [-0.2, 0) is 11.2 Å². The molecule has 0 unspecified atom stereocenters. The average molecular weight is 349 g/mol. The number of para-hydroxylation sites is 1. The van der Waals surface area contributed by atoms with E-state index in [0.717, 1.165) is 36.7 Å². The van der Waals surface area contributed by atoms with Crippen LogP contribution in [0.25, 0.3) is 21.8 Å². The van der Waals surface area contributed by atoms with Crippen molar-refractivity contribution >= 4 is 27.8 Å². The fourth-order valence-electron chi connectivity index (χ4n) is 3.46. The first-order valence-electron chi connectivity index (χ1n) is 9.72. The number of carbonyl (C=O) groups is 1. The smallest absolute Gasteiger partial charge is 0.303 e. The molecule has 3 nitrogen and oxygen atoms in total. The molecule has 0 atom stereocenters. The monoisotopic (exact) mass is 349 g/mol. The SMILES string of the molecule is O=C(O)CCCCCCCCCc1ccc2cc3ccccc3nc2c1. The van der Waals surface area contributed by atoms with E-state index in [1.165, 1.54) is 42.0 Å². The van der Waals surface area contributed by atoms with Gasteiger partial charge in [0.15, 0.2) is 0 Å². The Kier molecular flexibility index (Phi) is 6.59. The zero-order chi connectivity index (χ0) is 18.2. The number of aryl methyl sites for hydroxylation is 1. The van der Waals surface area contributed by atoms with Crippen molar-refractivity contribution in [2.75, 3.05) is 0 Å². The molecule has 2 aromatic carbocycles. The lowest BCUT2D eigenvalue weighted by Gasteiger charge is -2.06. The molecule has 3 rings (SSSR count). The second kappa shape index (κ2) is 9.33. The number of rotatable bonds is 10. The fourth-order valence-corrected chi connectivity index (χ4v) is 3.46. The Labute approximate surface area is 155 Å². The highest BCUT2D eigenvalue weighted by Crippen LogP contribution is 2.21. The summed E-state index contributed by atoms with van der Waals surface area (Å²) in [5.41, 5.74) is 3.50. The minimum atomic E-state index is -0.678. The minimum absolute atomic E-state index is 0.311. The fraction of sp³-hybridized carbons (Fsp3) is 0.391. The number of carboxylic acid groups (broad SMARTS) is 1. The minimum Gasteiger partial charge on any atom is -0.481 e. The van der Waals surface area contributed by atoms with Gasteiger partial charge >= 0.3 is 5.97 Å². The average Bonchev–Trinajstić information content (AvgIpc) is 2.64. The molecule has 0 bridgehead atoms. The van der Waals surface area contributed by atoms with Gasteiger partial charge in [-0.05, 0) is 43.0 Å². The van der Waals surface area contributed by atoms with Gasteiger partial charge < -0.3 is 5.11 Å². The molecule has 0 radical (unpaired) electrons. The normalized spacial score (nSPS) is 11.2. The van der Waals surface area contributed by atoms with E-state index < -0.39 is 5.97 Å². The second-order valence-corrected chi connectivity index (χ2v) is 7.08. The topological polar surface area (TPSA) is 50.2 Å². The Morgan fingerprint density at radius 2 is 1.46 bits per heavy atom. The van der Waals surface area contributed by atoms with Crippen LogP contribution in [0.1, 0.15) is 56.9 Å². The van der Waals surface area contributed by atoms with Crippen molar-refractivity contribution in [1.82, 2.24) is 4.98 Å². The van der Waals surface area contributed by atoms with Crippen molar-refractivity contribution in [2.45, 2.75) is 57.8 Å². The van der Waals surface area contributed by atoms with Crippen LogP contribution in [0.2, 0.25) is 0 Å². The number of aliphatic carboxylic acids is 1.